The van der Waals surface area contributed by atoms with E-state index in [9.17, 15) is 0 Å². The molecule has 0 aromatic heterocycles. The predicted molar refractivity (Wildman–Crippen MR) is 26.2 cm³/mol. The Bertz CT molecular complexity index is 23.0. The molecule has 1 fully saturated rings. The molecule has 0 amide bonds. The van der Waals surface area contributed by atoms with Gasteiger partial charge in [0, 0.05) is 0 Å². The molecule has 1 rings (SSSR count). The zero-order chi connectivity index (χ0) is 4.24. The van der Waals surface area contributed by atoms with Crippen LogP contribution in [0.1, 0.15) is 0 Å². The molecular formula is C4H8OSe. The van der Waals surface area contributed by atoms with Crippen LogP contribution in [0.5, 0.6) is 0 Å². The molecule has 6 heavy (non-hydrogen) atoms. The molecule has 0 saturated carbocycles. The minimum absolute atomic E-state index is 0.929. The van der Waals surface area contributed by atoms with E-state index in [0.29, 0.717) is 0 Å². The van der Waals surface area contributed by atoms with Crippen molar-refractivity contribution in [1.29, 1.82) is 0 Å². The van der Waals surface area contributed by atoms with E-state index in [-0.39, 0.29) is 0 Å². The van der Waals surface area contributed by atoms with Gasteiger partial charge >= 0.3 is 43.5 Å². The maximum atomic E-state index is 5.09. The Morgan fingerprint density at radius 1 is 1.17 bits per heavy atom. The topological polar surface area (TPSA) is 9.23 Å². The van der Waals surface area contributed by atoms with Crippen LogP contribution in [0.25, 0.3) is 0 Å². The average molecular weight is 151 g/mol. The summed E-state index contributed by atoms with van der Waals surface area (Å²) in [5, 5.41) is 2.68. The predicted octanol–water partition coefficient (Wildman–Crippen LogP) is 0.557. The van der Waals surface area contributed by atoms with Crippen molar-refractivity contribution in [1.82, 2.24) is 0 Å². The molecule has 1 heterocycles. The second-order valence-electron chi connectivity index (χ2n) is 1.22. The average Bonchev–Trinajstić information content (AvgIpc) is 1.72. The van der Waals surface area contributed by atoms with Gasteiger partial charge in [0.25, 0.3) is 0 Å². The first-order valence-corrected chi connectivity index (χ1v) is 4.58. The molecule has 0 aliphatic carbocycles. The van der Waals surface area contributed by atoms with E-state index in [2.05, 4.69) is 0 Å². The first-order chi connectivity index (χ1) is 3.00. The summed E-state index contributed by atoms with van der Waals surface area (Å²) < 4.78 is 5.09. The summed E-state index contributed by atoms with van der Waals surface area (Å²) in [6.07, 6.45) is 0. The minimum atomic E-state index is 0.929. The van der Waals surface area contributed by atoms with Gasteiger partial charge in [0.05, 0.1) is 0 Å². The molecule has 0 aromatic carbocycles. The van der Waals surface area contributed by atoms with Gasteiger partial charge < -0.3 is 0 Å². The van der Waals surface area contributed by atoms with Crippen LogP contribution in [0.2, 0.25) is 10.6 Å². The van der Waals surface area contributed by atoms with Crippen molar-refractivity contribution in [2.45, 2.75) is 10.6 Å². The van der Waals surface area contributed by atoms with Crippen LogP contribution in [0.4, 0.5) is 0 Å². The SMILES string of the molecule is C1C[Se]CCO1. The second-order valence-corrected chi connectivity index (χ2v) is 3.79. The molecule has 0 bridgehead atoms. The summed E-state index contributed by atoms with van der Waals surface area (Å²) in [5.41, 5.74) is 0. The fraction of sp³-hybridized carbons (Fsp3) is 1.00. The van der Waals surface area contributed by atoms with E-state index in [0.717, 1.165) is 28.2 Å². The maximum absolute atomic E-state index is 5.09. The van der Waals surface area contributed by atoms with E-state index in [1.807, 2.05) is 0 Å². The summed E-state index contributed by atoms with van der Waals surface area (Å²) in [7, 11) is 0. The van der Waals surface area contributed by atoms with Gasteiger partial charge in [-0.05, 0) is 0 Å². The number of hydrogen-bond acceptors (Lipinski definition) is 1. The Hall–Kier alpha value is 0.479. The molecule has 1 nitrogen and oxygen atoms in total. The summed E-state index contributed by atoms with van der Waals surface area (Å²) in [4.78, 5) is 0. The molecule has 0 N–H and O–H groups in total. The second kappa shape index (κ2) is 2.62. The molecule has 36 valence electrons. The van der Waals surface area contributed by atoms with Gasteiger partial charge in [-0.25, -0.2) is 0 Å². The normalized spacial score (nSPS) is 24.0. The third-order valence-corrected chi connectivity index (χ3v) is 2.65. The van der Waals surface area contributed by atoms with Gasteiger partial charge in [0.15, 0.2) is 0 Å². The van der Waals surface area contributed by atoms with E-state index >= 15 is 0 Å². The van der Waals surface area contributed by atoms with Crippen molar-refractivity contribution in [2.75, 3.05) is 13.2 Å². The van der Waals surface area contributed by atoms with Gasteiger partial charge in [0.1, 0.15) is 0 Å². The Kier molecular flexibility index (Phi) is 2.02. The standard InChI is InChI=1S/C4H8OSe/c1-3-6-4-2-5-1/h1-4H2. The number of ether oxygens (including phenoxy) is 1. The Morgan fingerprint density at radius 3 is 2.00 bits per heavy atom. The molecule has 0 atom stereocenters. The third kappa shape index (κ3) is 1.29. The van der Waals surface area contributed by atoms with Crippen molar-refractivity contribution < 1.29 is 4.74 Å². The Morgan fingerprint density at radius 2 is 1.83 bits per heavy atom. The molecule has 0 unspecified atom stereocenters. The summed E-state index contributed by atoms with van der Waals surface area (Å²) >= 11 is 0.929. The zero-order valence-electron chi connectivity index (χ0n) is 3.64. The molecule has 0 radical (unpaired) electrons. The van der Waals surface area contributed by atoms with E-state index in [4.69, 9.17) is 4.74 Å². The van der Waals surface area contributed by atoms with Crippen molar-refractivity contribution in [3.63, 3.8) is 0 Å². The molecule has 1 aliphatic rings. The zero-order valence-corrected chi connectivity index (χ0v) is 5.36. The van der Waals surface area contributed by atoms with Gasteiger partial charge in [-0.1, -0.05) is 0 Å². The van der Waals surface area contributed by atoms with Crippen LogP contribution in [-0.4, -0.2) is 28.2 Å². The number of hydrogen-bond donors (Lipinski definition) is 0. The summed E-state index contributed by atoms with van der Waals surface area (Å²) in [6.45, 7) is 2.06. The van der Waals surface area contributed by atoms with E-state index in [1.165, 1.54) is 10.6 Å². The molecule has 0 spiro atoms. The Labute approximate surface area is 44.2 Å². The number of rotatable bonds is 0. The van der Waals surface area contributed by atoms with Gasteiger partial charge in [-0.15, -0.1) is 0 Å². The van der Waals surface area contributed by atoms with Crippen LogP contribution >= 0.6 is 0 Å². The molecule has 1 saturated heterocycles. The monoisotopic (exact) mass is 152 g/mol. The van der Waals surface area contributed by atoms with E-state index in [1.54, 1.807) is 0 Å². The first-order valence-electron chi connectivity index (χ1n) is 2.15. The van der Waals surface area contributed by atoms with Crippen LogP contribution in [0.3, 0.4) is 0 Å². The molecule has 1 aliphatic heterocycles. The van der Waals surface area contributed by atoms with E-state index < -0.39 is 0 Å². The quantitative estimate of drug-likeness (QED) is 0.459. The van der Waals surface area contributed by atoms with Gasteiger partial charge in [0.2, 0.25) is 0 Å². The van der Waals surface area contributed by atoms with Crippen LogP contribution in [-0.2, 0) is 4.74 Å². The molecule has 2 heteroatoms. The molecule has 0 aromatic rings. The third-order valence-electron chi connectivity index (χ3n) is 0.744. The Balaban J connectivity index is 2.00. The summed E-state index contributed by atoms with van der Waals surface area (Å²) in [5.74, 6) is 0. The van der Waals surface area contributed by atoms with Crippen LogP contribution in [0, 0.1) is 0 Å². The fourth-order valence-electron chi connectivity index (χ4n) is 0.440. The van der Waals surface area contributed by atoms with Crippen LogP contribution in [0.15, 0.2) is 0 Å². The first kappa shape index (κ1) is 4.63. The fourth-order valence-corrected chi connectivity index (χ4v) is 1.86. The summed E-state index contributed by atoms with van der Waals surface area (Å²) in [6, 6.07) is 0. The van der Waals surface area contributed by atoms with Gasteiger partial charge in [-0.3, -0.25) is 0 Å². The van der Waals surface area contributed by atoms with Crippen molar-refractivity contribution in [2.24, 2.45) is 0 Å². The van der Waals surface area contributed by atoms with Crippen molar-refractivity contribution in [3.05, 3.63) is 0 Å². The van der Waals surface area contributed by atoms with Crippen molar-refractivity contribution in [3.8, 4) is 0 Å². The van der Waals surface area contributed by atoms with Crippen molar-refractivity contribution >= 4 is 15.0 Å². The molecular weight excluding hydrogens is 143 g/mol. The van der Waals surface area contributed by atoms with Gasteiger partial charge in [-0.2, -0.15) is 0 Å². The van der Waals surface area contributed by atoms with Crippen LogP contribution < -0.4 is 0 Å².